The maximum Gasteiger partial charge on any atom is 0.162 e. The van der Waals surface area contributed by atoms with E-state index in [1.807, 2.05) is 0 Å². The van der Waals surface area contributed by atoms with E-state index in [-0.39, 0.29) is 0 Å². The molecule has 0 spiro atoms. The van der Waals surface area contributed by atoms with Crippen LogP contribution in [0.4, 0.5) is 0 Å². The van der Waals surface area contributed by atoms with Gasteiger partial charge in [0, 0.05) is 54.5 Å². The zero-order valence-corrected chi connectivity index (χ0v) is 37.1. The molecule has 0 radical (unpaired) electrons. The molecule has 1 N–H and O–H groups in total. The number of amidine groups is 2. The molecule has 6 nitrogen and oxygen atoms in total. The SMILES string of the molecule is c1ccc(-n2c3ccccc3c3cccc(C4N=C(c5c(-n6c7ccccc7c7cc8ccccc8cc76)ccc6oc7c8ccccc8ccc7c56)N=C(c5ccc6ccccc6c5)N4)c32)cc1. The van der Waals surface area contributed by atoms with Gasteiger partial charge < -0.3 is 18.9 Å². The van der Waals surface area contributed by atoms with Gasteiger partial charge in [0.1, 0.15) is 23.2 Å². The van der Waals surface area contributed by atoms with Crippen LogP contribution >= 0.6 is 0 Å². The van der Waals surface area contributed by atoms with Gasteiger partial charge in [-0.05, 0) is 87.6 Å². The minimum atomic E-state index is -0.543. The molecule has 0 amide bonds. The molecular formula is C63H39N5O. The summed E-state index contributed by atoms with van der Waals surface area (Å²) in [6, 6.07) is 80.3. The summed E-state index contributed by atoms with van der Waals surface area (Å²) in [5.41, 5.74) is 11.0. The minimum Gasteiger partial charge on any atom is -0.455 e. The van der Waals surface area contributed by atoms with Crippen molar-refractivity contribution in [2.75, 3.05) is 0 Å². The van der Waals surface area contributed by atoms with Gasteiger partial charge in [-0.15, -0.1) is 0 Å². The Kier molecular flexibility index (Phi) is 8.03. The molecule has 0 bridgehead atoms. The first kappa shape index (κ1) is 37.9. The molecule has 0 saturated heterocycles. The van der Waals surface area contributed by atoms with Crippen molar-refractivity contribution in [3.63, 3.8) is 0 Å². The highest BCUT2D eigenvalue weighted by Crippen LogP contribution is 2.44. The number of rotatable bonds is 5. The van der Waals surface area contributed by atoms with Crippen LogP contribution in [0.3, 0.4) is 0 Å². The number of hydrogen-bond donors (Lipinski definition) is 1. The van der Waals surface area contributed by atoms with Gasteiger partial charge in [-0.25, -0.2) is 9.98 Å². The lowest BCUT2D eigenvalue weighted by atomic mass is 9.99. The third kappa shape index (κ3) is 5.66. The number of nitrogens with one attached hydrogen (secondary N) is 1. The van der Waals surface area contributed by atoms with Gasteiger partial charge in [-0.3, -0.25) is 0 Å². The van der Waals surface area contributed by atoms with Gasteiger partial charge in [0.05, 0.1) is 33.3 Å². The highest BCUT2D eigenvalue weighted by molar-refractivity contribution is 6.27. The van der Waals surface area contributed by atoms with Crippen LogP contribution in [0.25, 0.3) is 109 Å². The molecule has 0 saturated carbocycles. The molecule has 11 aromatic carbocycles. The van der Waals surface area contributed by atoms with E-state index in [0.29, 0.717) is 5.84 Å². The quantitative estimate of drug-likeness (QED) is 0.187. The van der Waals surface area contributed by atoms with Crippen molar-refractivity contribution in [2.24, 2.45) is 9.98 Å². The molecule has 3 aromatic heterocycles. The first-order chi connectivity index (χ1) is 34.2. The van der Waals surface area contributed by atoms with Crippen molar-refractivity contribution >= 4 is 110 Å². The van der Waals surface area contributed by atoms with Crippen LogP contribution < -0.4 is 5.32 Å². The molecule has 69 heavy (non-hydrogen) atoms. The standard InChI is InChI=1S/C63H39N5O/c1-2-20-44(21-3-1)67-52-27-12-10-23-46(52)48-25-14-26-50(59(48)67)62-64-61(43-30-29-38-15-4-5-17-40(38)35-43)65-63(66-62)58-54(33-34-56-57(58)49-32-31-39-16-8-9-22-45(39)60(49)69-56)68-53-28-13-11-24-47(53)51-36-41-18-6-7-19-42(41)37-55(51)68/h1-37,62H,(H,64,65,66). The van der Waals surface area contributed by atoms with E-state index in [2.05, 4.69) is 239 Å². The van der Waals surface area contributed by atoms with Gasteiger partial charge in [0.15, 0.2) is 5.84 Å². The summed E-state index contributed by atoms with van der Waals surface area (Å²) >= 11 is 0. The molecule has 15 rings (SSSR count). The van der Waals surface area contributed by atoms with Crippen LogP contribution in [-0.2, 0) is 0 Å². The Morgan fingerprint density at radius 2 is 1.07 bits per heavy atom. The van der Waals surface area contributed by atoms with Gasteiger partial charge in [0.2, 0.25) is 0 Å². The van der Waals surface area contributed by atoms with Crippen molar-refractivity contribution in [1.82, 2.24) is 14.5 Å². The fourth-order valence-electron chi connectivity index (χ4n) is 11.2. The Morgan fingerprint density at radius 3 is 1.88 bits per heavy atom. The molecule has 1 unspecified atom stereocenters. The van der Waals surface area contributed by atoms with Crippen LogP contribution in [0, 0.1) is 0 Å². The summed E-state index contributed by atoms with van der Waals surface area (Å²) in [7, 11) is 0. The fourth-order valence-corrected chi connectivity index (χ4v) is 11.2. The molecule has 1 aliphatic rings. The van der Waals surface area contributed by atoms with Gasteiger partial charge in [-0.1, -0.05) is 164 Å². The lowest BCUT2D eigenvalue weighted by Crippen LogP contribution is -2.34. The number of nitrogens with zero attached hydrogens (tertiary/aromatic N) is 4. The molecule has 6 heteroatoms. The van der Waals surface area contributed by atoms with Crippen LogP contribution in [0.2, 0.25) is 0 Å². The van der Waals surface area contributed by atoms with Crippen molar-refractivity contribution in [3.8, 4) is 11.4 Å². The third-order valence-corrected chi connectivity index (χ3v) is 14.3. The van der Waals surface area contributed by atoms with E-state index in [0.717, 1.165) is 99.5 Å². The summed E-state index contributed by atoms with van der Waals surface area (Å²) in [6.45, 7) is 0. The maximum absolute atomic E-state index is 7.00. The fraction of sp³-hybridized carbons (Fsp3) is 0.0159. The number of fused-ring (bicyclic) bond motifs is 13. The summed E-state index contributed by atoms with van der Waals surface area (Å²) in [4.78, 5) is 11.5. The van der Waals surface area contributed by atoms with E-state index in [1.165, 1.54) is 32.3 Å². The number of para-hydroxylation sites is 4. The Labute approximate surface area is 395 Å². The molecular weight excluding hydrogens is 843 g/mol. The zero-order chi connectivity index (χ0) is 45.2. The highest BCUT2D eigenvalue weighted by atomic mass is 16.3. The highest BCUT2D eigenvalue weighted by Gasteiger charge is 2.30. The first-order valence-electron chi connectivity index (χ1n) is 23.5. The average Bonchev–Trinajstić information content (AvgIpc) is 4.08. The molecule has 4 heterocycles. The van der Waals surface area contributed by atoms with Crippen molar-refractivity contribution < 1.29 is 4.42 Å². The number of aliphatic imine (C=N–C) groups is 2. The van der Waals surface area contributed by atoms with Crippen molar-refractivity contribution in [3.05, 3.63) is 241 Å². The summed E-state index contributed by atoms with van der Waals surface area (Å²) in [6.07, 6.45) is -0.543. The molecule has 0 fully saturated rings. The van der Waals surface area contributed by atoms with Crippen molar-refractivity contribution in [2.45, 2.75) is 6.17 Å². The van der Waals surface area contributed by atoms with Crippen molar-refractivity contribution in [1.29, 1.82) is 0 Å². The van der Waals surface area contributed by atoms with Gasteiger partial charge >= 0.3 is 0 Å². The second-order valence-electron chi connectivity index (χ2n) is 18.1. The van der Waals surface area contributed by atoms with Gasteiger partial charge in [-0.2, -0.15) is 0 Å². The Hall–Kier alpha value is -9.26. The molecule has 0 aliphatic carbocycles. The predicted octanol–water partition coefficient (Wildman–Crippen LogP) is 15.7. The van der Waals surface area contributed by atoms with E-state index < -0.39 is 6.17 Å². The van der Waals surface area contributed by atoms with Crippen LogP contribution in [-0.4, -0.2) is 20.8 Å². The Morgan fingerprint density at radius 1 is 0.435 bits per heavy atom. The minimum absolute atomic E-state index is 0.543. The van der Waals surface area contributed by atoms with E-state index in [9.17, 15) is 0 Å². The molecule has 1 atom stereocenters. The van der Waals surface area contributed by atoms with E-state index >= 15 is 0 Å². The predicted molar refractivity (Wildman–Crippen MR) is 287 cm³/mol. The lowest BCUT2D eigenvalue weighted by molar-refractivity contribution is 0.672. The van der Waals surface area contributed by atoms with Crippen LogP contribution in [0.1, 0.15) is 22.9 Å². The normalized spacial score (nSPS) is 14.2. The summed E-state index contributed by atoms with van der Waals surface area (Å²) in [5, 5.41) is 17.5. The topological polar surface area (TPSA) is 59.8 Å². The molecule has 14 aromatic rings. The number of furan rings is 1. The lowest BCUT2D eigenvalue weighted by Gasteiger charge is -2.26. The number of aromatic nitrogens is 2. The Balaban J connectivity index is 1.08. The first-order valence-corrected chi connectivity index (χ1v) is 23.5. The van der Waals surface area contributed by atoms with Gasteiger partial charge in [0.25, 0.3) is 0 Å². The number of benzene rings is 11. The average molecular weight is 882 g/mol. The third-order valence-electron chi connectivity index (χ3n) is 14.3. The Bertz CT molecular complexity index is 4530. The number of hydrogen-bond acceptors (Lipinski definition) is 4. The summed E-state index contributed by atoms with van der Waals surface area (Å²) < 4.78 is 11.8. The molecule has 322 valence electrons. The van der Waals surface area contributed by atoms with E-state index in [1.54, 1.807) is 0 Å². The van der Waals surface area contributed by atoms with E-state index in [4.69, 9.17) is 14.4 Å². The van der Waals surface area contributed by atoms with Crippen LogP contribution in [0.15, 0.2) is 239 Å². The largest absolute Gasteiger partial charge is 0.455 e. The van der Waals surface area contributed by atoms with Crippen LogP contribution in [0.5, 0.6) is 0 Å². The molecule has 1 aliphatic heterocycles. The second-order valence-corrected chi connectivity index (χ2v) is 18.1. The summed E-state index contributed by atoms with van der Waals surface area (Å²) in [5.74, 6) is 1.36. The smallest absolute Gasteiger partial charge is 0.162 e. The zero-order valence-electron chi connectivity index (χ0n) is 37.1. The second kappa shape index (κ2) is 14.6. The maximum atomic E-state index is 7.00. The monoisotopic (exact) mass is 881 g/mol.